The van der Waals surface area contributed by atoms with Gasteiger partial charge < -0.3 is 4.74 Å². The van der Waals surface area contributed by atoms with Gasteiger partial charge in [0, 0.05) is 19.1 Å². The largest absolute Gasteiger partial charge is 0.490 e. The minimum atomic E-state index is -3.41. The molecule has 6 nitrogen and oxygen atoms in total. The second kappa shape index (κ2) is 8.94. The number of unbranched alkanes of at least 4 members (excludes halogenated alkanes) is 1. The Labute approximate surface area is 186 Å². The van der Waals surface area contributed by atoms with Crippen LogP contribution in [-0.4, -0.2) is 47.2 Å². The van der Waals surface area contributed by atoms with E-state index in [1.807, 2.05) is 6.92 Å². The summed E-state index contributed by atoms with van der Waals surface area (Å²) in [6.07, 6.45) is 7.53. The summed E-state index contributed by atoms with van der Waals surface area (Å²) in [5.74, 6) is 1.00. The van der Waals surface area contributed by atoms with Crippen LogP contribution < -0.4 is 4.74 Å². The normalized spacial score (nSPS) is 23.9. The van der Waals surface area contributed by atoms with E-state index in [0.717, 1.165) is 37.9 Å². The second-order valence-electron chi connectivity index (χ2n) is 9.23. The van der Waals surface area contributed by atoms with Crippen LogP contribution >= 0.6 is 0 Å². The van der Waals surface area contributed by atoms with Crippen LogP contribution in [0.2, 0.25) is 0 Å². The molecule has 0 amide bonds. The summed E-state index contributed by atoms with van der Waals surface area (Å²) in [7, 11) is -1.62. The first-order valence-electron chi connectivity index (χ1n) is 11.5. The zero-order valence-corrected chi connectivity index (χ0v) is 20.0. The standard InChI is InChI=1S/C24H35N3O3S/c1-5-6-7-19-8-12-22(13-9-19)30-23-14-20-10-11-21(15-23)27(20)16-31(28,29)24-17(2)25-26(4)18(24)3/h8-9,12-13,20-21,23H,5-7,10-11,14-16H2,1-4H3/t20-,21?,23?/m1/s1. The first-order valence-corrected chi connectivity index (χ1v) is 13.2. The second-order valence-corrected chi connectivity index (χ2v) is 11.1. The van der Waals surface area contributed by atoms with Gasteiger partial charge in [0.2, 0.25) is 0 Å². The van der Waals surface area contributed by atoms with Gasteiger partial charge in [-0.15, -0.1) is 0 Å². The third-order valence-corrected chi connectivity index (χ3v) is 8.81. The molecule has 4 rings (SSSR count). The molecule has 3 atom stereocenters. The summed E-state index contributed by atoms with van der Waals surface area (Å²) < 4.78 is 34.4. The average Bonchev–Trinajstić information content (AvgIpc) is 3.10. The Morgan fingerprint density at radius 3 is 2.29 bits per heavy atom. The third-order valence-electron chi connectivity index (χ3n) is 6.96. The Morgan fingerprint density at radius 2 is 1.74 bits per heavy atom. The van der Waals surface area contributed by atoms with Crippen molar-refractivity contribution in [1.29, 1.82) is 0 Å². The number of benzene rings is 1. The minimum absolute atomic E-state index is 0.0779. The summed E-state index contributed by atoms with van der Waals surface area (Å²) >= 11 is 0. The number of hydrogen-bond acceptors (Lipinski definition) is 5. The lowest BCUT2D eigenvalue weighted by Crippen LogP contribution is -2.48. The first-order chi connectivity index (χ1) is 14.8. The fourth-order valence-electron chi connectivity index (χ4n) is 5.30. The van der Waals surface area contributed by atoms with E-state index in [1.54, 1.807) is 18.7 Å². The fraction of sp³-hybridized carbons (Fsp3) is 0.625. The van der Waals surface area contributed by atoms with E-state index in [1.165, 1.54) is 18.4 Å². The van der Waals surface area contributed by atoms with Crippen molar-refractivity contribution in [3.05, 3.63) is 41.2 Å². The molecule has 2 fully saturated rings. The van der Waals surface area contributed by atoms with Crippen LogP contribution in [0.4, 0.5) is 0 Å². The Bertz CT molecular complexity index is 999. The Hall–Kier alpha value is -1.86. The molecule has 170 valence electrons. The van der Waals surface area contributed by atoms with Crippen LogP contribution in [0.15, 0.2) is 29.2 Å². The molecular weight excluding hydrogens is 410 g/mol. The van der Waals surface area contributed by atoms with Gasteiger partial charge >= 0.3 is 0 Å². The van der Waals surface area contributed by atoms with Crippen LogP contribution in [0.5, 0.6) is 5.75 Å². The number of hydrogen-bond donors (Lipinski definition) is 0. The Morgan fingerprint density at radius 1 is 1.10 bits per heavy atom. The van der Waals surface area contributed by atoms with Gasteiger partial charge in [-0.05, 0) is 70.1 Å². The number of aromatic nitrogens is 2. The molecule has 31 heavy (non-hydrogen) atoms. The van der Waals surface area contributed by atoms with E-state index < -0.39 is 9.84 Å². The molecule has 2 unspecified atom stereocenters. The molecule has 0 saturated carbocycles. The van der Waals surface area contributed by atoms with Crippen molar-refractivity contribution in [2.75, 3.05) is 5.88 Å². The monoisotopic (exact) mass is 445 g/mol. The number of nitrogens with zero attached hydrogens (tertiary/aromatic N) is 3. The van der Waals surface area contributed by atoms with E-state index in [2.05, 4.69) is 41.2 Å². The summed E-state index contributed by atoms with van der Waals surface area (Å²) in [5.41, 5.74) is 2.66. The lowest BCUT2D eigenvalue weighted by Gasteiger charge is -2.38. The summed E-state index contributed by atoms with van der Waals surface area (Å²) in [4.78, 5) is 2.60. The SMILES string of the molecule is CCCCc1ccc(OC2CC3CC[C@H](C2)N3CS(=O)(=O)c2c(C)nn(C)c2C)cc1. The molecule has 2 aliphatic rings. The number of aryl methyl sites for hydroxylation is 3. The summed E-state index contributed by atoms with van der Waals surface area (Å²) in [6.45, 7) is 5.82. The van der Waals surface area contributed by atoms with Gasteiger partial charge in [-0.1, -0.05) is 25.5 Å². The Balaban J connectivity index is 1.40. The van der Waals surface area contributed by atoms with Crippen LogP contribution in [0.25, 0.3) is 0 Å². The molecule has 2 aromatic rings. The smallest absolute Gasteiger partial charge is 0.195 e. The Kier molecular flexibility index (Phi) is 6.44. The first kappa shape index (κ1) is 22.3. The molecule has 0 aliphatic carbocycles. The van der Waals surface area contributed by atoms with E-state index in [-0.39, 0.29) is 24.1 Å². The van der Waals surface area contributed by atoms with Gasteiger partial charge in [0.25, 0.3) is 0 Å². The predicted octanol–water partition coefficient (Wildman–Crippen LogP) is 4.19. The summed E-state index contributed by atoms with van der Waals surface area (Å²) in [6, 6.07) is 9.02. The molecule has 7 heteroatoms. The molecule has 0 spiro atoms. The maximum absolute atomic E-state index is 13.2. The van der Waals surface area contributed by atoms with Crippen molar-refractivity contribution in [3.63, 3.8) is 0 Å². The molecule has 0 radical (unpaired) electrons. The quantitative estimate of drug-likeness (QED) is 0.610. The van der Waals surface area contributed by atoms with E-state index in [0.29, 0.717) is 16.3 Å². The van der Waals surface area contributed by atoms with E-state index in [9.17, 15) is 8.42 Å². The van der Waals surface area contributed by atoms with Gasteiger partial charge in [-0.2, -0.15) is 5.10 Å². The number of rotatable bonds is 8. The van der Waals surface area contributed by atoms with Gasteiger partial charge in [-0.3, -0.25) is 9.58 Å². The fourth-order valence-corrected chi connectivity index (χ4v) is 7.32. The lowest BCUT2D eigenvalue weighted by atomic mass is 10.0. The number of fused-ring (bicyclic) bond motifs is 2. The minimum Gasteiger partial charge on any atom is -0.490 e. The maximum Gasteiger partial charge on any atom is 0.195 e. The van der Waals surface area contributed by atoms with E-state index >= 15 is 0 Å². The van der Waals surface area contributed by atoms with Crippen LogP contribution in [-0.2, 0) is 23.3 Å². The van der Waals surface area contributed by atoms with Crippen LogP contribution in [0.1, 0.15) is 62.4 Å². The molecule has 2 saturated heterocycles. The molecule has 2 aliphatic heterocycles. The van der Waals surface area contributed by atoms with E-state index in [4.69, 9.17) is 4.74 Å². The van der Waals surface area contributed by atoms with Gasteiger partial charge in [0.15, 0.2) is 9.84 Å². The van der Waals surface area contributed by atoms with Crippen molar-refractivity contribution in [2.24, 2.45) is 7.05 Å². The highest BCUT2D eigenvalue weighted by molar-refractivity contribution is 7.91. The van der Waals surface area contributed by atoms with Crippen molar-refractivity contribution < 1.29 is 13.2 Å². The molecule has 1 aromatic carbocycles. The number of piperidine rings is 1. The van der Waals surface area contributed by atoms with Gasteiger partial charge in [0.1, 0.15) is 22.6 Å². The molecular formula is C24H35N3O3S. The van der Waals surface area contributed by atoms with Crippen molar-refractivity contribution >= 4 is 9.84 Å². The van der Waals surface area contributed by atoms with Gasteiger partial charge in [-0.25, -0.2) is 8.42 Å². The highest BCUT2D eigenvalue weighted by Gasteiger charge is 2.44. The predicted molar refractivity (Wildman–Crippen MR) is 122 cm³/mol. The van der Waals surface area contributed by atoms with Crippen molar-refractivity contribution in [1.82, 2.24) is 14.7 Å². The highest BCUT2D eigenvalue weighted by atomic mass is 32.2. The third kappa shape index (κ3) is 4.67. The zero-order valence-electron chi connectivity index (χ0n) is 19.2. The van der Waals surface area contributed by atoms with Crippen molar-refractivity contribution in [2.45, 2.75) is 88.8 Å². The molecule has 3 heterocycles. The highest BCUT2D eigenvalue weighted by Crippen LogP contribution is 2.38. The average molecular weight is 446 g/mol. The number of ether oxygens (including phenoxy) is 1. The lowest BCUT2D eigenvalue weighted by molar-refractivity contribution is 0.0609. The molecule has 2 bridgehead atoms. The van der Waals surface area contributed by atoms with Gasteiger partial charge in [0.05, 0.1) is 11.4 Å². The molecule has 1 aromatic heterocycles. The number of sulfone groups is 1. The van der Waals surface area contributed by atoms with Crippen LogP contribution in [0.3, 0.4) is 0 Å². The van der Waals surface area contributed by atoms with Crippen LogP contribution in [0, 0.1) is 13.8 Å². The maximum atomic E-state index is 13.2. The zero-order chi connectivity index (χ0) is 22.2. The molecule has 0 N–H and O–H groups in total. The summed E-state index contributed by atoms with van der Waals surface area (Å²) in [5, 5.41) is 4.30. The topological polar surface area (TPSA) is 64.4 Å². The van der Waals surface area contributed by atoms with Crippen molar-refractivity contribution in [3.8, 4) is 5.75 Å².